The van der Waals surface area contributed by atoms with Gasteiger partial charge in [0, 0.05) is 17.5 Å². The van der Waals surface area contributed by atoms with Crippen molar-refractivity contribution in [3.8, 4) is 0 Å². The average molecular weight is 309 g/mol. The SMILES string of the molecule is CC(Cc1ccco1)n1c(CCl)nc2ccc(Cl)cc21. The fourth-order valence-electron chi connectivity index (χ4n) is 2.51. The zero-order chi connectivity index (χ0) is 14.1. The summed E-state index contributed by atoms with van der Waals surface area (Å²) in [5.74, 6) is 2.17. The van der Waals surface area contributed by atoms with Gasteiger partial charge < -0.3 is 8.98 Å². The Balaban J connectivity index is 2.06. The summed E-state index contributed by atoms with van der Waals surface area (Å²) in [5, 5.41) is 0.699. The molecule has 2 heterocycles. The molecule has 0 radical (unpaired) electrons. The van der Waals surface area contributed by atoms with Crippen molar-refractivity contribution in [1.29, 1.82) is 0 Å². The van der Waals surface area contributed by atoms with Gasteiger partial charge in [0.2, 0.25) is 0 Å². The molecule has 0 aliphatic rings. The van der Waals surface area contributed by atoms with Gasteiger partial charge in [-0.05, 0) is 37.3 Å². The van der Waals surface area contributed by atoms with Gasteiger partial charge in [0.25, 0.3) is 0 Å². The topological polar surface area (TPSA) is 31.0 Å². The lowest BCUT2D eigenvalue weighted by Crippen LogP contribution is -2.10. The van der Waals surface area contributed by atoms with E-state index in [9.17, 15) is 0 Å². The molecule has 1 atom stereocenters. The number of nitrogens with zero attached hydrogens (tertiary/aromatic N) is 2. The molecule has 3 rings (SSSR count). The van der Waals surface area contributed by atoms with Crippen molar-refractivity contribution in [3.63, 3.8) is 0 Å². The highest BCUT2D eigenvalue weighted by atomic mass is 35.5. The Bertz CT molecular complexity index is 719. The predicted octanol–water partition coefficient (Wildman–Crippen LogP) is 4.83. The molecule has 104 valence electrons. The first-order chi connectivity index (χ1) is 9.69. The molecular weight excluding hydrogens is 295 g/mol. The number of halogens is 2. The summed E-state index contributed by atoms with van der Waals surface area (Å²) >= 11 is 12.1. The quantitative estimate of drug-likeness (QED) is 0.647. The van der Waals surface area contributed by atoms with Crippen molar-refractivity contribution in [2.75, 3.05) is 0 Å². The van der Waals surface area contributed by atoms with Gasteiger partial charge in [-0.15, -0.1) is 11.6 Å². The second-order valence-electron chi connectivity index (χ2n) is 4.80. The van der Waals surface area contributed by atoms with E-state index in [0.29, 0.717) is 10.9 Å². The van der Waals surface area contributed by atoms with Gasteiger partial charge in [0.05, 0.1) is 23.2 Å². The maximum Gasteiger partial charge on any atom is 0.125 e. The zero-order valence-corrected chi connectivity index (χ0v) is 12.5. The first kappa shape index (κ1) is 13.5. The van der Waals surface area contributed by atoms with Gasteiger partial charge in [0.1, 0.15) is 11.6 Å². The summed E-state index contributed by atoms with van der Waals surface area (Å²) in [7, 11) is 0. The van der Waals surface area contributed by atoms with Crippen LogP contribution in [0.1, 0.15) is 24.6 Å². The number of hydrogen-bond acceptors (Lipinski definition) is 2. The van der Waals surface area contributed by atoms with Crippen LogP contribution in [0.3, 0.4) is 0 Å². The molecule has 0 bridgehead atoms. The van der Waals surface area contributed by atoms with E-state index in [2.05, 4.69) is 16.5 Å². The van der Waals surface area contributed by atoms with E-state index < -0.39 is 0 Å². The minimum absolute atomic E-state index is 0.193. The third-order valence-corrected chi connectivity index (χ3v) is 3.84. The molecule has 20 heavy (non-hydrogen) atoms. The second kappa shape index (κ2) is 5.51. The minimum Gasteiger partial charge on any atom is -0.469 e. The van der Waals surface area contributed by atoms with Crippen molar-refractivity contribution in [1.82, 2.24) is 9.55 Å². The van der Waals surface area contributed by atoms with Gasteiger partial charge in [0.15, 0.2) is 0 Å². The molecule has 5 heteroatoms. The maximum atomic E-state index is 6.10. The number of imidazole rings is 1. The van der Waals surface area contributed by atoms with Crippen LogP contribution in [-0.4, -0.2) is 9.55 Å². The van der Waals surface area contributed by atoms with E-state index in [1.54, 1.807) is 6.26 Å². The van der Waals surface area contributed by atoms with E-state index in [1.807, 2.05) is 30.3 Å². The van der Waals surface area contributed by atoms with Gasteiger partial charge in [-0.25, -0.2) is 4.98 Å². The summed E-state index contributed by atoms with van der Waals surface area (Å²) in [6, 6.07) is 9.76. The van der Waals surface area contributed by atoms with Gasteiger partial charge >= 0.3 is 0 Å². The molecule has 0 spiro atoms. The summed E-state index contributed by atoms with van der Waals surface area (Å²) in [6.07, 6.45) is 2.47. The third kappa shape index (κ3) is 2.43. The molecule has 0 aliphatic heterocycles. The zero-order valence-electron chi connectivity index (χ0n) is 11.0. The smallest absolute Gasteiger partial charge is 0.125 e. The van der Waals surface area contributed by atoms with Crippen molar-refractivity contribution in [3.05, 3.63) is 53.2 Å². The van der Waals surface area contributed by atoms with Crippen LogP contribution in [0, 0.1) is 0 Å². The van der Waals surface area contributed by atoms with Gasteiger partial charge in [-0.1, -0.05) is 11.6 Å². The number of aromatic nitrogens is 2. The lowest BCUT2D eigenvalue weighted by atomic mass is 10.2. The van der Waals surface area contributed by atoms with E-state index in [-0.39, 0.29) is 6.04 Å². The Kier molecular flexibility index (Phi) is 3.72. The molecule has 0 N–H and O–H groups in total. The van der Waals surface area contributed by atoms with Crippen LogP contribution in [0.25, 0.3) is 11.0 Å². The maximum absolute atomic E-state index is 6.10. The highest BCUT2D eigenvalue weighted by Crippen LogP contribution is 2.27. The molecule has 1 aromatic carbocycles. The van der Waals surface area contributed by atoms with Crippen molar-refractivity contribution >= 4 is 34.2 Å². The van der Waals surface area contributed by atoms with E-state index in [0.717, 1.165) is 29.0 Å². The molecule has 0 amide bonds. The molecule has 3 aromatic rings. The first-order valence-corrected chi connectivity index (χ1v) is 7.35. The Hall–Kier alpha value is -1.45. The summed E-state index contributed by atoms with van der Waals surface area (Å²) in [4.78, 5) is 4.56. The lowest BCUT2D eigenvalue weighted by molar-refractivity contribution is 0.449. The van der Waals surface area contributed by atoms with Crippen molar-refractivity contribution in [2.45, 2.75) is 25.3 Å². The fourth-order valence-corrected chi connectivity index (χ4v) is 2.87. The van der Waals surface area contributed by atoms with E-state index >= 15 is 0 Å². The molecule has 3 nitrogen and oxygen atoms in total. The highest BCUT2D eigenvalue weighted by Gasteiger charge is 2.16. The molecule has 2 aromatic heterocycles. The van der Waals surface area contributed by atoms with Crippen LogP contribution in [0.5, 0.6) is 0 Å². The third-order valence-electron chi connectivity index (χ3n) is 3.36. The van der Waals surface area contributed by atoms with Crippen LogP contribution in [0.4, 0.5) is 0 Å². The Labute approximate surface area is 127 Å². The molecule has 0 aliphatic carbocycles. The predicted molar refractivity (Wildman–Crippen MR) is 81.4 cm³/mol. The van der Waals surface area contributed by atoms with Crippen LogP contribution < -0.4 is 0 Å². The largest absolute Gasteiger partial charge is 0.469 e. The number of rotatable bonds is 4. The monoisotopic (exact) mass is 308 g/mol. The Morgan fingerprint density at radius 3 is 2.90 bits per heavy atom. The first-order valence-electron chi connectivity index (χ1n) is 6.43. The van der Waals surface area contributed by atoms with Gasteiger partial charge in [-0.2, -0.15) is 0 Å². The van der Waals surface area contributed by atoms with Crippen LogP contribution in [0.15, 0.2) is 41.0 Å². The molecule has 0 saturated heterocycles. The number of hydrogen-bond donors (Lipinski definition) is 0. The fraction of sp³-hybridized carbons (Fsp3) is 0.267. The number of furan rings is 1. The molecule has 0 fully saturated rings. The minimum atomic E-state index is 0.193. The number of alkyl halides is 1. The molecule has 0 saturated carbocycles. The normalized spacial score (nSPS) is 12.9. The highest BCUT2D eigenvalue weighted by molar-refractivity contribution is 6.31. The lowest BCUT2D eigenvalue weighted by Gasteiger charge is -2.16. The van der Waals surface area contributed by atoms with Crippen LogP contribution >= 0.6 is 23.2 Å². The number of benzene rings is 1. The van der Waals surface area contributed by atoms with E-state index in [4.69, 9.17) is 27.6 Å². The van der Waals surface area contributed by atoms with Crippen molar-refractivity contribution < 1.29 is 4.42 Å². The molecular formula is C15H14Cl2N2O. The summed E-state index contributed by atoms with van der Waals surface area (Å²) < 4.78 is 7.55. The molecule has 1 unspecified atom stereocenters. The Morgan fingerprint density at radius 2 is 2.20 bits per heavy atom. The van der Waals surface area contributed by atoms with Crippen LogP contribution in [-0.2, 0) is 12.3 Å². The summed E-state index contributed by atoms with van der Waals surface area (Å²) in [6.45, 7) is 2.13. The Morgan fingerprint density at radius 1 is 1.35 bits per heavy atom. The summed E-state index contributed by atoms with van der Waals surface area (Å²) in [5.41, 5.74) is 1.92. The standard InChI is InChI=1S/C15H14Cl2N2O/c1-10(7-12-3-2-6-20-12)19-14-8-11(17)4-5-13(14)18-15(19)9-16/h2-6,8,10H,7,9H2,1H3. The van der Waals surface area contributed by atoms with Crippen LogP contribution in [0.2, 0.25) is 5.02 Å². The van der Waals surface area contributed by atoms with Crippen molar-refractivity contribution in [2.24, 2.45) is 0 Å². The van der Waals surface area contributed by atoms with Gasteiger partial charge in [-0.3, -0.25) is 0 Å². The van der Waals surface area contributed by atoms with E-state index in [1.165, 1.54) is 0 Å². The second-order valence-corrected chi connectivity index (χ2v) is 5.50. The average Bonchev–Trinajstić information content (AvgIpc) is 3.04. The number of fused-ring (bicyclic) bond motifs is 1.